The van der Waals surface area contributed by atoms with Gasteiger partial charge < -0.3 is 10.6 Å². The maximum atomic E-state index is 11.6. The number of rotatable bonds is 4. The number of amides is 1. The molecule has 1 amide bonds. The first-order valence-corrected chi connectivity index (χ1v) is 7.16. The van der Waals surface area contributed by atoms with E-state index >= 15 is 0 Å². The molecule has 4 heteroatoms. The summed E-state index contributed by atoms with van der Waals surface area (Å²) >= 11 is 3.49. The first-order chi connectivity index (χ1) is 8.56. The van der Waals surface area contributed by atoms with Crippen LogP contribution in [-0.4, -0.2) is 18.5 Å². The van der Waals surface area contributed by atoms with Gasteiger partial charge in [-0.15, -0.1) is 0 Å². The van der Waals surface area contributed by atoms with Gasteiger partial charge in [-0.05, 0) is 49.9 Å². The molecule has 1 aromatic rings. The second kappa shape index (κ2) is 5.85. The molecular weight excluding hydrogens is 292 g/mol. The molecule has 3 nitrogen and oxygen atoms in total. The Hall–Kier alpha value is -0.870. The Kier molecular flexibility index (Phi) is 4.40. The maximum Gasteiger partial charge on any atom is 0.234 e. The van der Waals surface area contributed by atoms with Crippen LogP contribution in [0.4, 0.5) is 0 Å². The lowest BCUT2D eigenvalue weighted by molar-refractivity contribution is -0.120. The zero-order valence-corrected chi connectivity index (χ0v) is 12.4. The van der Waals surface area contributed by atoms with Gasteiger partial charge in [0.2, 0.25) is 5.91 Å². The number of aryl methyl sites for hydroxylation is 1. The Morgan fingerprint density at radius 2 is 2.28 bits per heavy atom. The minimum Gasteiger partial charge on any atom is -0.353 e. The number of hydrogen-bond acceptors (Lipinski definition) is 2. The smallest absolute Gasteiger partial charge is 0.234 e. The predicted octanol–water partition coefficient (Wildman–Crippen LogP) is 2.55. The molecule has 0 bridgehead atoms. The normalized spacial score (nSPS) is 17.9. The maximum absolute atomic E-state index is 11.6. The van der Waals surface area contributed by atoms with E-state index in [1.807, 2.05) is 13.8 Å². The molecule has 2 N–H and O–H groups in total. The van der Waals surface area contributed by atoms with Crippen molar-refractivity contribution in [2.24, 2.45) is 0 Å². The van der Waals surface area contributed by atoms with E-state index in [0.717, 1.165) is 17.3 Å². The molecule has 98 valence electrons. The van der Waals surface area contributed by atoms with Crippen LogP contribution in [0, 0.1) is 0 Å². The number of hydrogen-bond donors (Lipinski definition) is 2. The number of carbonyl (C=O) groups excluding carboxylic acids is 1. The molecule has 0 heterocycles. The number of fused-ring (bicyclic) bond motifs is 1. The molecule has 0 saturated carbocycles. The fourth-order valence-electron chi connectivity index (χ4n) is 2.39. The molecule has 0 radical (unpaired) electrons. The molecule has 2 rings (SSSR count). The average molecular weight is 311 g/mol. The van der Waals surface area contributed by atoms with Crippen molar-refractivity contribution in [3.8, 4) is 0 Å². The zero-order valence-electron chi connectivity index (χ0n) is 10.8. The third kappa shape index (κ3) is 3.33. The minimum absolute atomic E-state index is 0.0653. The van der Waals surface area contributed by atoms with Gasteiger partial charge in [-0.2, -0.15) is 0 Å². The van der Waals surface area contributed by atoms with Gasteiger partial charge in [0.15, 0.2) is 0 Å². The highest BCUT2D eigenvalue weighted by Gasteiger charge is 2.22. The van der Waals surface area contributed by atoms with Crippen LogP contribution >= 0.6 is 15.9 Å². The summed E-state index contributed by atoms with van der Waals surface area (Å²) in [5.41, 5.74) is 2.71. The first kappa shape index (κ1) is 13.6. The van der Waals surface area contributed by atoms with Crippen LogP contribution in [0.3, 0.4) is 0 Å². The summed E-state index contributed by atoms with van der Waals surface area (Å²) in [6.45, 7) is 4.33. The van der Waals surface area contributed by atoms with Crippen LogP contribution in [-0.2, 0) is 11.2 Å². The summed E-state index contributed by atoms with van der Waals surface area (Å²) in [7, 11) is 0. The van der Waals surface area contributed by atoms with E-state index in [1.165, 1.54) is 11.1 Å². The van der Waals surface area contributed by atoms with E-state index in [9.17, 15) is 4.79 Å². The molecular formula is C14H19BrN2O. The molecule has 0 spiro atoms. The van der Waals surface area contributed by atoms with Gasteiger partial charge in [0.25, 0.3) is 0 Å². The van der Waals surface area contributed by atoms with Crippen molar-refractivity contribution in [2.45, 2.75) is 38.8 Å². The van der Waals surface area contributed by atoms with Crippen molar-refractivity contribution in [3.05, 3.63) is 33.8 Å². The van der Waals surface area contributed by atoms with E-state index in [0.29, 0.717) is 12.6 Å². The third-order valence-corrected chi connectivity index (χ3v) is 3.63. The highest BCUT2D eigenvalue weighted by molar-refractivity contribution is 9.10. The van der Waals surface area contributed by atoms with E-state index in [1.54, 1.807) is 0 Å². The monoisotopic (exact) mass is 310 g/mol. The van der Waals surface area contributed by atoms with Crippen molar-refractivity contribution in [3.63, 3.8) is 0 Å². The van der Waals surface area contributed by atoms with Gasteiger partial charge in [0.1, 0.15) is 0 Å². The third-order valence-electron chi connectivity index (χ3n) is 3.14. The van der Waals surface area contributed by atoms with E-state index < -0.39 is 0 Å². The summed E-state index contributed by atoms with van der Waals surface area (Å²) in [4.78, 5) is 11.6. The Morgan fingerprint density at radius 1 is 1.50 bits per heavy atom. The average Bonchev–Trinajstić information content (AvgIpc) is 2.67. The van der Waals surface area contributed by atoms with Crippen molar-refractivity contribution in [1.82, 2.24) is 10.6 Å². The van der Waals surface area contributed by atoms with Gasteiger partial charge in [0, 0.05) is 16.6 Å². The zero-order chi connectivity index (χ0) is 13.1. The molecule has 1 atom stereocenters. The van der Waals surface area contributed by atoms with Crippen LogP contribution in [0.2, 0.25) is 0 Å². The number of halogens is 1. The molecule has 18 heavy (non-hydrogen) atoms. The summed E-state index contributed by atoms with van der Waals surface area (Å²) < 4.78 is 1.12. The first-order valence-electron chi connectivity index (χ1n) is 6.37. The Bertz CT molecular complexity index is 445. The standard InChI is InChI=1S/C14H19BrN2O/c1-9(2)17-14(18)8-16-13-6-3-10-7-11(15)4-5-12(10)13/h4-5,7,9,13,16H,3,6,8H2,1-2H3,(H,17,18). The van der Waals surface area contributed by atoms with Gasteiger partial charge in [-0.1, -0.05) is 22.0 Å². The lowest BCUT2D eigenvalue weighted by Gasteiger charge is -2.15. The van der Waals surface area contributed by atoms with Crippen LogP contribution in [0.5, 0.6) is 0 Å². The summed E-state index contributed by atoms with van der Waals surface area (Å²) in [5.74, 6) is 0.0653. The fraction of sp³-hybridized carbons (Fsp3) is 0.500. The lowest BCUT2D eigenvalue weighted by Crippen LogP contribution is -2.38. The van der Waals surface area contributed by atoms with Crippen molar-refractivity contribution in [1.29, 1.82) is 0 Å². The second-order valence-electron chi connectivity index (χ2n) is 5.04. The molecule has 0 aliphatic heterocycles. The largest absolute Gasteiger partial charge is 0.353 e. The Labute approximate surface area is 116 Å². The van der Waals surface area contributed by atoms with Gasteiger partial charge in [-0.25, -0.2) is 0 Å². The minimum atomic E-state index is 0.0653. The summed E-state index contributed by atoms with van der Waals surface area (Å²) in [5, 5.41) is 6.23. The van der Waals surface area contributed by atoms with Crippen LogP contribution in [0.15, 0.2) is 22.7 Å². The van der Waals surface area contributed by atoms with Crippen molar-refractivity contribution in [2.75, 3.05) is 6.54 Å². The van der Waals surface area contributed by atoms with Crippen LogP contribution in [0.25, 0.3) is 0 Å². The highest BCUT2D eigenvalue weighted by Crippen LogP contribution is 2.32. The van der Waals surface area contributed by atoms with E-state index in [4.69, 9.17) is 0 Å². The SMILES string of the molecule is CC(C)NC(=O)CNC1CCc2cc(Br)ccc21. The predicted molar refractivity (Wildman–Crippen MR) is 76.5 cm³/mol. The second-order valence-corrected chi connectivity index (χ2v) is 5.95. The molecule has 0 saturated heterocycles. The van der Waals surface area contributed by atoms with Gasteiger partial charge in [-0.3, -0.25) is 4.79 Å². The number of nitrogens with one attached hydrogen (secondary N) is 2. The van der Waals surface area contributed by atoms with Crippen LogP contribution < -0.4 is 10.6 Å². The summed E-state index contributed by atoms with van der Waals surface area (Å²) in [6, 6.07) is 6.89. The molecule has 0 aromatic heterocycles. The highest BCUT2D eigenvalue weighted by atomic mass is 79.9. The van der Waals surface area contributed by atoms with Crippen LogP contribution in [0.1, 0.15) is 37.4 Å². The molecule has 0 fully saturated rings. The summed E-state index contributed by atoms with van der Waals surface area (Å²) in [6.07, 6.45) is 2.15. The van der Waals surface area contributed by atoms with Crippen molar-refractivity contribution >= 4 is 21.8 Å². The molecule has 1 unspecified atom stereocenters. The topological polar surface area (TPSA) is 41.1 Å². The van der Waals surface area contributed by atoms with Crippen molar-refractivity contribution < 1.29 is 4.79 Å². The van der Waals surface area contributed by atoms with E-state index in [2.05, 4.69) is 44.8 Å². The van der Waals surface area contributed by atoms with Gasteiger partial charge in [0.05, 0.1) is 6.54 Å². The van der Waals surface area contributed by atoms with Gasteiger partial charge >= 0.3 is 0 Å². The lowest BCUT2D eigenvalue weighted by atomic mass is 10.1. The molecule has 1 aliphatic carbocycles. The van der Waals surface area contributed by atoms with E-state index in [-0.39, 0.29) is 11.9 Å². The molecule has 1 aromatic carbocycles. The quantitative estimate of drug-likeness (QED) is 0.897. The molecule has 1 aliphatic rings. The Balaban J connectivity index is 1.92. The fourth-order valence-corrected chi connectivity index (χ4v) is 2.80. The number of benzene rings is 1. The Morgan fingerprint density at radius 3 is 3.00 bits per heavy atom. The number of carbonyl (C=O) groups is 1.